The molecule has 3 aliphatic rings. The van der Waals surface area contributed by atoms with Crippen LogP contribution in [-0.2, 0) is 25.5 Å². The molecule has 3 aromatic rings. The standard InChI is InChI=1S/C27H24N2O7S/c1-34-26(33)27(14-15-4-7-17(30)8-5-15)22-21(23(28-27)20-3-2-12-37-20)24(31)29(25(22)32)16-6-9-18-19(13-16)36-11-10-35-18/h2-9,12-13,21-23,28,30H,10-11,14H2,1H3/t21-,22+,23+,27+/m0/s1. The lowest BCUT2D eigenvalue weighted by Gasteiger charge is -2.32. The van der Waals surface area contributed by atoms with Gasteiger partial charge < -0.3 is 19.3 Å². The van der Waals surface area contributed by atoms with E-state index in [4.69, 9.17) is 14.2 Å². The van der Waals surface area contributed by atoms with Crippen molar-refractivity contribution in [2.24, 2.45) is 11.8 Å². The number of nitrogens with zero attached hydrogens (tertiary/aromatic N) is 1. The minimum atomic E-state index is -1.50. The average molecular weight is 521 g/mol. The number of carbonyl (C=O) groups is 3. The molecule has 0 radical (unpaired) electrons. The molecule has 2 aromatic carbocycles. The second kappa shape index (κ2) is 8.89. The fourth-order valence-corrected chi connectivity index (χ4v) is 6.50. The number of hydrogen-bond acceptors (Lipinski definition) is 9. The van der Waals surface area contributed by atoms with Crippen LogP contribution in [0.5, 0.6) is 17.2 Å². The summed E-state index contributed by atoms with van der Waals surface area (Å²) in [6.07, 6.45) is 0.0942. The molecule has 2 fully saturated rings. The first-order valence-corrected chi connectivity index (χ1v) is 12.8. The number of aromatic hydroxyl groups is 1. The number of phenols is 1. The molecule has 4 heterocycles. The normalized spacial score (nSPS) is 26.3. The number of hydrogen-bond donors (Lipinski definition) is 2. The van der Waals surface area contributed by atoms with Gasteiger partial charge in [-0.3, -0.25) is 19.7 Å². The zero-order chi connectivity index (χ0) is 25.7. The zero-order valence-electron chi connectivity index (χ0n) is 19.9. The van der Waals surface area contributed by atoms with Crippen LogP contribution in [0.15, 0.2) is 60.0 Å². The number of thiophene rings is 1. The summed E-state index contributed by atoms with van der Waals surface area (Å²) in [5.74, 6) is -2.25. The molecule has 9 nitrogen and oxygen atoms in total. The lowest BCUT2D eigenvalue weighted by atomic mass is 9.76. The van der Waals surface area contributed by atoms with Crippen LogP contribution < -0.4 is 19.7 Å². The maximum Gasteiger partial charge on any atom is 0.327 e. The monoisotopic (exact) mass is 520 g/mol. The molecule has 2 amide bonds. The summed E-state index contributed by atoms with van der Waals surface area (Å²) >= 11 is 1.45. The highest BCUT2D eigenvalue weighted by molar-refractivity contribution is 7.10. The molecule has 2 N–H and O–H groups in total. The minimum Gasteiger partial charge on any atom is -0.508 e. The quantitative estimate of drug-likeness (QED) is 0.390. The number of anilines is 1. The van der Waals surface area contributed by atoms with Gasteiger partial charge in [0, 0.05) is 17.4 Å². The Labute approximate surface area is 216 Å². The van der Waals surface area contributed by atoms with Gasteiger partial charge in [0.25, 0.3) is 0 Å². The summed E-state index contributed by atoms with van der Waals surface area (Å²) in [4.78, 5) is 43.6. The molecule has 4 atom stereocenters. The van der Waals surface area contributed by atoms with Gasteiger partial charge in [-0.2, -0.15) is 0 Å². The van der Waals surface area contributed by atoms with Crippen molar-refractivity contribution in [1.82, 2.24) is 5.32 Å². The van der Waals surface area contributed by atoms with Crippen molar-refractivity contribution in [1.29, 1.82) is 0 Å². The Bertz CT molecular complexity index is 1370. The number of phenolic OH excluding ortho intramolecular Hbond substituents is 1. The Kier molecular flexibility index (Phi) is 5.65. The molecule has 1 aromatic heterocycles. The van der Waals surface area contributed by atoms with Crippen LogP contribution in [0.1, 0.15) is 16.5 Å². The maximum absolute atomic E-state index is 14.1. The van der Waals surface area contributed by atoms with Gasteiger partial charge in [0.05, 0.1) is 30.7 Å². The van der Waals surface area contributed by atoms with Crippen molar-refractivity contribution < 1.29 is 33.7 Å². The first-order valence-electron chi connectivity index (χ1n) is 11.9. The second-order valence-corrected chi connectivity index (χ2v) is 10.3. The summed E-state index contributed by atoms with van der Waals surface area (Å²) < 4.78 is 16.5. The van der Waals surface area contributed by atoms with Crippen molar-refractivity contribution in [3.63, 3.8) is 0 Å². The minimum absolute atomic E-state index is 0.0847. The van der Waals surface area contributed by atoms with Crippen LogP contribution in [0.3, 0.4) is 0 Å². The van der Waals surface area contributed by atoms with Crippen molar-refractivity contribution in [2.75, 3.05) is 25.2 Å². The predicted molar refractivity (Wildman–Crippen MR) is 134 cm³/mol. The number of rotatable bonds is 5. The number of imide groups is 1. The lowest BCUT2D eigenvalue weighted by Crippen LogP contribution is -2.57. The number of esters is 1. The molecular formula is C27H24N2O7S. The highest BCUT2D eigenvalue weighted by Gasteiger charge is 2.69. The van der Waals surface area contributed by atoms with E-state index < -0.39 is 41.2 Å². The molecule has 2 saturated heterocycles. The van der Waals surface area contributed by atoms with Crippen LogP contribution in [0, 0.1) is 11.8 Å². The Morgan fingerprint density at radius 1 is 1.11 bits per heavy atom. The molecule has 6 rings (SSSR count). The molecule has 0 aliphatic carbocycles. The smallest absolute Gasteiger partial charge is 0.327 e. The van der Waals surface area contributed by atoms with E-state index >= 15 is 0 Å². The van der Waals surface area contributed by atoms with Crippen LogP contribution in [-0.4, -0.2) is 48.8 Å². The van der Waals surface area contributed by atoms with Crippen LogP contribution in [0.4, 0.5) is 5.69 Å². The van der Waals surface area contributed by atoms with E-state index in [9.17, 15) is 19.5 Å². The Hall–Kier alpha value is -3.89. The number of methoxy groups -OCH3 is 1. The highest BCUT2D eigenvalue weighted by Crippen LogP contribution is 2.52. The summed E-state index contributed by atoms with van der Waals surface area (Å²) in [6, 6.07) is 14.6. The Morgan fingerprint density at radius 3 is 2.57 bits per heavy atom. The van der Waals surface area contributed by atoms with Gasteiger partial charge in [-0.05, 0) is 41.3 Å². The van der Waals surface area contributed by atoms with Crippen molar-refractivity contribution >= 4 is 34.8 Å². The van der Waals surface area contributed by atoms with Gasteiger partial charge in [0.1, 0.15) is 24.5 Å². The summed E-state index contributed by atoms with van der Waals surface area (Å²) in [7, 11) is 1.27. The van der Waals surface area contributed by atoms with Gasteiger partial charge in [0.15, 0.2) is 11.5 Å². The zero-order valence-corrected chi connectivity index (χ0v) is 20.7. The van der Waals surface area contributed by atoms with Crippen LogP contribution >= 0.6 is 11.3 Å². The van der Waals surface area contributed by atoms with E-state index in [0.717, 1.165) is 9.78 Å². The van der Waals surface area contributed by atoms with Gasteiger partial charge in [-0.15, -0.1) is 11.3 Å². The summed E-state index contributed by atoms with van der Waals surface area (Å²) in [5.41, 5.74) is -0.429. The molecule has 0 saturated carbocycles. The van der Waals surface area contributed by atoms with Crippen molar-refractivity contribution in [3.05, 3.63) is 70.4 Å². The molecule has 0 spiro atoms. The van der Waals surface area contributed by atoms with E-state index in [0.29, 0.717) is 36.0 Å². The summed E-state index contributed by atoms with van der Waals surface area (Å²) in [5, 5.41) is 15.0. The molecular weight excluding hydrogens is 496 g/mol. The van der Waals surface area contributed by atoms with Crippen molar-refractivity contribution in [2.45, 2.75) is 18.0 Å². The first kappa shape index (κ1) is 23.5. The number of fused-ring (bicyclic) bond motifs is 2. The van der Waals surface area contributed by atoms with E-state index in [2.05, 4.69) is 5.32 Å². The summed E-state index contributed by atoms with van der Waals surface area (Å²) in [6.45, 7) is 0.789. The lowest BCUT2D eigenvalue weighted by molar-refractivity contribution is -0.152. The largest absolute Gasteiger partial charge is 0.508 e. The predicted octanol–water partition coefficient (Wildman–Crippen LogP) is 2.83. The van der Waals surface area contributed by atoms with E-state index in [1.165, 1.54) is 30.6 Å². The van der Waals surface area contributed by atoms with E-state index in [1.807, 2.05) is 17.5 Å². The number of carbonyl (C=O) groups excluding carboxylic acids is 3. The van der Waals surface area contributed by atoms with Gasteiger partial charge in [-0.25, -0.2) is 4.90 Å². The average Bonchev–Trinajstić information content (AvgIpc) is 3.62. The maximum atomic E-state index is 14.1. The number of ether oxygens (including phenoxy) is 3. The van der Waals surface area contributed by atoms with Crippen LogP contribution in [0.2, 0.25) is 0 Å². The SMILES string of the molecule is COC(=O)[C@]1(Cc2ccc(O)cc2)N[C@H](c2cccs2)[C@H]2C(=O)N(c3ccc4c(c3)OCCO4)C(=O)[C@@H]21. The highest BCUT2D eigenvalue weighted by atomic mass is 32.1. The Balaban J connectivity index is 1.47. The molecule has 37 heavy (non-hydrogen) atoms. The Morgan fingerprint density at radius 2 is 1.86 bits per heavy atom. The third kappa shape index (κ3) is 3.67. The number of benzene rings is 2. The fourth-order valence-electron chi connectivity index (χ4n) is 5.68. The number of amides is 2. The molecule has 0 unspecified atom stereocenters. The van der Waals surface area contributed by atoms with Crippen LogP contribution in [0.25, 0.3) is 0 Å². The van der Waals surface area contributed by atoms with E-state index in [-0.39, 0.29) is 12.2 Å². The molecule has 0 bridgehead atoms. The van der Waals surface area contributed by atoms with E-state index in [1.54, 1.807) is 30.3 Å². The van der Waals surface area contributed by atoms with Gasteiger partial charge in [-0.1, -0.05) is 18.2 Å². The second-order valence-electron chi connectivity index (χ2n) is 9.29. The third-order valence-electron chi connectivity index (χ3n) is 7.26. The van der Waals surface area contributed by atoms with Gasteiger partial charge in [0.2, 0.25) is 11.8 Å². The molecule has 3 aliphatic heterocycles. The van der Waals surface area contributed by atoms with Gasteiger partial charge >= 0.3 is 5.97 Å². The van der Waals surface area contributed by atoms with Crippen molar-refractivity contribution in [3.8, 4) is 17.2 Å². The topological polar surface area (TPSA) is 114 Å². The third-order valence-corrected chi connectivity index (χ3v) is 8.21. The number of nitrogens with one attached hydrogen (secondary N) is 1. The molecule has 190 valence electrons. The fraction of sp³-hybridized carbons (Fsp3) is 0.296. The first-order chi connectivity index (χ1) is 17.9. The molecule has 10 heteroatoms.